The van der Waals surface area contributed by atoms with E-state index >= 15 is 0 Å². The SMILES string of the molecule is CCCCc1cn([C@H]2CC(n3cc(C)c(=O)[nH]c3=O)O[C@@H]2CO)nn1. The molecule has 9 heteroatoms. The molecule has 3 atom stereocenters. The highest BCUT2D eigenvalue weighted by atomic mass is 16.5. The van der Waals surface area contributed by atoms with Crippen molar-refractivity contribution < 1.29 is 9.84 Å². The lowest BCUT2D eigenvalue weighted by molar-refractivity contribution is -0.0323. The Hall–Kier alpha value is -2.26. The van der Waals surface area contributed by atoms with E-state index in [0.29, 0.717) is 12.0 Å². The van der Waals surface area contributed by atoms with Crippen molar-refractivity contribution in [1.29, 1.82) is 0 Å². The highest BCUT2D eigenvalue weighted by molar-refractivity contribution is 5.02. The Morgan fingerprint density at radius 3 is 2.92 bits per heavy atom. The van der Waals surface area contributed by atoms with Crippen LogP contribution in [0.25, 0.3) is 0 Å². The molecule has 0 amide bonds. The molecule has 2 aromatic heterocycles. The molecule has 3 rings (SSSR count). The van der Waals surface area contributed by atoms with Crippen molar-refractivity contribution in [2.24, 2.45) is 0 Å². The van der Waals surface area contributed by atoms with Crippen molar-refractivity contribution >= 4 is 0 Å². The van der Waals surface area contributed by atoms with Gasteiger partial charge in [-0.3, -0.25) is 14.3 Å². The van der Waals surface area contributed by atoms with E-state index in [1.165, 1.54) is 10.8 Å². The Balaban J connectivity index is 1.83. The summed E-state index contributed by atoms with van der Waals surface area (Å²) in [6.45, 7) is 3.55. The smallest absolute Gasteiger partial charge is 0.330 e. The zero-order valence-corrected chi connectivity index (χ0v) is 14.4. The van der Waals surface area contributed by atoms with Gasteiger partial charge in [0.1, 0.15) is 12.3 Å². The number of H-pyrrole nitrogens is 1. The summed E-state index contributed by atoms with van der Waals surface area (Å²) in [6.07, 6.45) is 5.71. The fourth-order valence-corrected chi connectivity index (χ4v) is 3.08. The van der Waals surface area contributed by atoms with Gasteiger partial charge in [0.05, 0.1) is 18.3 Å². The second-order valence-electron chi connectivity index (χ2n) is 6.39. The number of nitrogens with zero attached hydrogens (tertiary/aromatic N) is 4. The van der Waals surface area contributed by atoms with Crippen molar-refractivity contribution in [2.75, 3.05) is 6.61 Å². The van der Waals surface area contributed by atoms with Gasteiger partial charge in [0.2, 0.25) is 0 Å². The van der Waals surface area contributed by atoms with E-state index < -0.39 is 23.6 Å². The van der Waals surface area contributed by atoms with Crippen LogP contribution in [0.15, 0.2) is 22.0 Å². The number of hydrogen-bond donors (Lipinski definition) is 2. The van der Waals surface area contributed by atoms with Crippen LogP contribution >= 0.6 is 0 Å². The van der Waals surface area contributed by atoms with Gasteiger partial charge in [-0.2, -0.15) is 0 Å². The maximum absolute atomic E-state index is 12.1. The lowest BCUT2D eigenvalue weighted by atomic mass is 10.1. The predicted octanol–water partition coefficient (Wildman–Crippen LogP) is 0.300. The normalized spacial score (nSPS) is 23.2. The molecule has 0 aliphatic carbocycles. The van der Waals surface area contributed by atoms with Gasteiger partial charge in [-0.25, -0.2) is 9.48 Å². The summed E-state index contributed by atoms with van der Waals surface area (Å²) >= 11 is 0. The van der Waals surface area contributed by atoms with Gasteiger partial charge < -0.3 is 9.84 Å². The lowest BCUT2D eigenvalue weighted by Gasteiger charge is -2.15. The Morgan fingerprint density at radius 2 is 2.20 bits per heavy atom. The molecule has 1 saturated heterocycles. The minimum atomic E-state index is -0.575. The Bertz CT molecular complexity index is 840. The number of nitrogens with one attached hydrogen (secondary N) is 1. The van der Waals surface area contributed by atoms with Crippen LogP contribution in [-0.2, 0) is 11.2 Å². The van der Waals surface area contributed by atoms with Crippen molar-refractivity contribution in [1.82, 2.24) is 24.5 Å². The second-order valence-corrected chi connectivity index (χ2v) is 6.39. The number of unbranched alkanes of at least 4 members (excludes halogenated alkanes) is 1. The van der Waals surface area contributed by atoms with Crippen LogP contribution in [0.4, 0.5) is 0 Å². The molecule has 3 heterocycles. The van der Waals surface area contributed by atoms with Gasteiger partial charge in [-0.15, -0.1) is 5.10 Å². The van der Waals surface area contributed by atoms with E-state index in [1.807, 2.05) is 6.20 Å². The Kier molecular flexibility index (Phi) is 5.14. The molecule has 1 aliphatic rings. The number of aromatic nitrogens is 5. The van der Waals surface area contributed by atoms with Crippen LogP contribution in [0.3, 0.4) is 0 Å². The first kappa shape index (κ1) is 17.6. The molecule has 1 aliphatic heterocycles. The third-order valence-corrected chi connectivity index (χ3v) is 4.52. The Morgan fingerprint density at radius 1 is 1.40 bits per heavy atom. The molecule has 0 saturated carbocycles. The predicted molar refractivity (Wildman–Crippen MR) is 89.3 cm³/mol. The molecular weight excluding hydrogens is 326 g/mol. The molecule has 136 valence electrons. The molecule has 1 unspecified atom stereocenters. The van der Waals surface area contributed by atoms with Gasteiger partial charge in [0, 0.05) is 24.4 Å². The van der Waals surface area contributed by atoms with E-state index in [0.717, 1.165) is 25.0 Å². The van der Waals surface area contributed by atoms with Crippen LogP contribution in [0, 0.1) is 6.92 Å². The number of rotatable bonds is 6. The zero-order chi connectivity index (χ0) is 18.0. The van der Waals surface area contributed by atoms with Gasteiger partial charge in [0.25, 0.3) is 5.56 Å². The first-order valence-corrected chi connectivity index (χ1v) is 8.52. The molecule has 2 N–H and O–H groups in total. The summed E-state index contributed by atoms with van der Waals surface area (Å²) in [7, 11) is 0. The molecule has 25 heavy (non-hydrogen) atoms. The van der Waals surface area contributed by atoms with Gasteiger partial charge in [-0.1, -0.05) is 18.6 Å². The van der Waals surface area contributed by atoms with Crippen LogP contribution in [0.1, 0.15) is 49.7 Å². The van der Waals surface area contributed by atoms with Crippen LogP contribution in [-0.4, -0.2) is 42.4 Å². The molecule has 0 radical (unpaired) electrons. The minimum Gasteiger partial charge on any atom is -0.394 e. The fourth-order valence-electron chi connectivity index (χ4n) is 3.08. The van der Waals surface area contributed by atoms with E-state index in [2.05, 4.69) is 22.2 Å². The number of aliphatic hydroxyl groups is 1. The van der Waals surface area contributed by atoms with E-state index in [9.17, 15) is 14.7 Å². The van der Waals surface area contributed by atoms with Crippen LogP contribution < -0.4 is 11.2 Å². The molecule has 9 nitrogen and oxygen atoms in total. The number of ether oxygens (including phenoxy) is 1. The number of aryl methyl sites for hydroxylation is 2. The van der Waals surface area contributed by atoms with E-state index in [-0.39, 0.29) is 12.6 Å². The van der Waals surface area contributed by atoms with E-state index in [4.69, 9.17) is 4.74 Å². The summed E-state index contributed by atoms with van der Waals surface area (Å²) in [4.78, 5) is 25.9. The number of hydrogen-bond acceptors (Lipinski definition) is 6. The molecule has 0 aromatic carbocycles. The van der Waals surface area contributed by atoms with Gasteiger partial charge in [-0.05, 0) is 19.8 Å². The maximum atomic E-state index is 12.1. The lowest BCUT2D eigenvalue weighted by Crippen LogP contribution is -2.33. The fraction of sp³-hybridized carbons (Fsp3) is 0.625. The van der Waals surface area contributed by atoms with Gasteiger partial charge in [0.15, 0.2) is 0 Å². The highest BCUT2D eigenvalue weighted by Gasteiger charge is 2.38. The molecule has 2 aromatic rings. The number of aliphatic hydroxyl groups excluding tert-OH is 1. The molecule has 1 fully saturated rings. The summed E-state index contributed by atoms with van der Waals surface area (Å²) in [5.41, 5.74) is 0.389. The van der Waals surface area contributed by atoms with Crippen molar-refractivity contribution in [3.63, 3.8) is 0 Å². The third kappa shape index (κ3) is 3.57. The topological polar surface area (TPSA) is 115 Å². The summed E-state index contributed by atoms with van der Waals surface area (Å²) in [5, 5.41) is 18.0. The second kappa shape index (κ2) is 7.32. The van der Waals surface area contributed by atoms with Crippen molar-refractivity contribution in [3.05, 3.63) is 44.5 Å². The van der Waals surface area contributed by atoms with Crippen molar-refractivity contribution in [3.8, 4) is 0 Å². The largest absolute Gasteiger partial charge is 0.394 e. The molecule has 0 spiro atoms. The first-order valence-electron chi connectivity index (χ1n) is 8.52. The van der Waals surface area contributed by atoms with E-state index in [1.54, 1.807) is 11.6 Å². The molecular formula is C16H23N5O4. The first-order chi connectivity index (χ1) is 12.0. The average molecular weight is 349 g/mol. The monoisotopic (exact) mass is 349 g/mol. The Labute approximate surface area is 144 Å². The molecule has 0 bridgehead atoms. The zero-order valence-electron chi connectivity index (χ0n) is 14.4. The number of aromatic amines is 1. The maximum Gasteiger partial charge on any atom is 0.330 e. The summed E-state index contributed by atoms with van der Waals surface area (Å²) in [6, 6.07) is -0.225. The van der Waals surface area contributed by atoms with Crippen LogP contribution in [0.5, 0.6) is 0 Å². The standard InChI is InChI=1S/C16H23N5O4/c1-3-4-5-11-8-21(19-18-11)12-6-14(25-13(12)9-22)20-7-10(2)15(23)17-16(20)24/h7-8,12-14,22H,3-6,9H2,1-2H3,(H,17,23,24)/t12-,13+,14?/m0/s1. The third-order valence-electron chi connectivity index (χ3n) is 4.52. The summed E-state index contributed by atoms with van der Waals surface area (Å²) in [5.74, 6) is 0. The summed E-state index contributed by atoms with van der Waals surface area (Å²) < 4.78 is 8.89. The highest BCUT2D eigenvalue weighted by Crippen LogP contribution is 2.35. The van der Waals surface area contributed by atoms with Gasteiger partial charge >= 0.3 is 5.69 Å². The minimum absolute atomic E-state index is 0.192. The average Bonchev–Trinajstić information content (AvgIpc) is 3.22. The quantitative estimate of drug-likeness (QED) is 0.775. The van der Waals surface area contributed by atoms with Crippen molar-refractivity contribution in [2.45, 2.75) is 57.9 Å². The van der Waals surface area contributed by atoms with Crippen LogP contribution in [0.2, 0.25) is 0 Å².